The second-order valence-electron chi connectivity index (χ2n) is 13.9. The first-order chi connectivity index (χ1) is 25.8. The molecule has 53 heavy (non-hydrogen) atoms. The van der Waals surface area contributed by atoms with E-state index in [4.69, 9.17) is 9.47 Å². The van der Waals surface area contributed by atoms with Crippen molar-refractivity contribution in [1.82, 2.24) is 24.8 Å². The van der Waals surface area contributed by atoms with Crippen LogP contribution in [0.2, 0.25) is 0 Å². The summed E-state index contributed by atoms with van der Waals surface area (Å²) < 4.78 is 14.4. The number of aromatic nitrogens is 3. The first kappa shape index (κ1) is 36.0. The van der Waals surface area contributed by atoms with Crippen LogP contribution in [-0.2, 0) is 25.8 Å². The van der Waals surface area contributed by atoms with Crippen molar-refractivity contribution in [2.24, 2.45) is 11.8 Å². The molecule has 4 aromatic rings. The molecule has 0 aliphatic carbocycles. The number of hydrogen-bond donors (Lipinski definition) is 1. The van der Waals surface area contributed by atoms with Gasteiger partial charge in [0.1, 0.15) is 29.6 Å². The molecule has 1 spiro atoms. The lowest BCUT2D eigenvalue weighted by molar-refractivity contribution is -0.157. The Bertz CT molecular complexity index is 2000. The highest BCUT2D eigenvalue weighted by atomic mass is 16.5. The van der Waals surface area contributed by atoms with Crippen molar-refractivity contribution in [2.45, 2.75) is 63.1 Å². The van der Waals surface area contributed by atoms with Crippen molar-refractivity contribution in [2.75, 3.05) is 31.2 Å². The average Bonchev–Trinajstić information content (AvgIpc) is 3.92. The van der Waals surface area contributed by atoms with E-state index in [1.807, 2.05) is 92.7 Å². The standard InChI is InChI=1S/C41H46N6O6/c1-5-24-44(27-46-32-17-13-12-16-31(32)42-43-46)39(51)36-41-23-22-40(7-3,53-41)34(35(41)38(50)47(36)33(26-48)28-14-10-9-11-15-28)37(49)45(25-6-2)29-18-20-30(21-19-29)52-8-4/h5-6,9-21,33-36,48H,1-2,7-8,22-27H2,3-4H3/t33-,34+,35+,36?,40-,41?/m1/s1. The van der Waals surface area contributed by atoms with Gasteiger partial charge in [0, 0.05) is 18.8 Å². The van der Waals surface area contributed by atoms with E-state index in [-0.39, 0.29) is 31.6 Å². The maximum atomic E-state index is 15.3. The van der Waals surface area contributed by atoms with Gasteiger partial charge in [-0.15, -0.1) is 18.3 Å². The fourth-order valence-electron chi connectivity index (χ4n) is 8.91. The van der Waals surface area contributed by atoms with Gasteiger partial charge in [0.25, 0.3) is 0 Å². The summed E-state index contributed by atoms with van der Waals surface area (Å²) in [6.07, 6.45) is 4.62. The molecule has 12 nitrogen and oxygen atoms in total. The van der Waals surface area contributed by atoms with Gasteiger partial charge >= 0.3 is 0 Å². The number of carbonyl (C=O) groups is 3. The van der Waals surface area contributed by atoms with Crippen molar-refractivity contribution >= 4 is 34.4 Å². The second kappa shape index (κ2) is 14.6. The summed E-state index contributed by atoms with van der Waals surface area (Å²) in [5.41, 5.74) is 0.397. The Labute approximate surface area is 309 Å². The number of benzene rings is 3. The highest BCUT2D eigenvalue weighted by molar-refractivity contribution is 6.03. The SMILES string of the molecule is C=CCN(Cn1nnc2ccccc21)C(=O)C1N([C@H](CO)c2ccccc2)C(=O)[C@@H]2[C@@H](C(=O)N(CC=C)c3ccc(OCC)cc3)[C@@]3(CC)CCC12O3. The number of carbonyl (C=O) groups excluding carboxylic acids is 3. The Hall–Kier alpha value is -5.33. The number of aliphatic hydroxyl groups excluding tert-OH is 1. The minimum absolute atomic E-state index is 0.0336. The van der Waals surface area contributed by atoms with Crippen LogP contribution in [0.25, 0.3) is 11.0 Å². The lowest BCUT2D eigenvalue weighted by Gasteiger charge is -2.39. The number of rotatable bonds is 15. The minimum Gasteiger partial charge on any atom is -0.494 e. The molecular formula is C41H46N6O6. The molecule has 4 heterocycles. The molecule has 3 amide bonds. The summed E-state index contributed by atoms with van der Waals surface area (Å²) in [5, 5.41) is 19.6. The molecule has 3 aliphatic heterocycles. The second-order valence-corrected chi connectivity index (χ2v) is 13.9. The fourth-order valence-corrected chi connectivity index (χ4v) is 8.91. The third-order valence-corrected chi connectivity index (χ3v) is 11.2. The van der Waals surface area contributed by atoms with Crippen LogP contribution in [0.1, 0.15) is 44.7 Å². The molecule has 7 rings (SSSR count). The smallest absolute Gasteiger partial charge is 0.250 e. The number of amides is 3. The van der Waals surface area contributed by atoms with Crippen LogP contribution < -0.4 is 9.64 Å². The molecule has 12 heteroatoms. The quantitative estimate of drug-likeness (QED) is 0.172. The molecule has 0 saturated carbocycles. The van der Waals surface area contributed by atoms with E-state index in [0.717, 1.165) is 5.52 Å². The molecule has 6 atom stereocenters. The summed E-state index contributed by atoms with van der Waals surface area (Å²) in [6, 6.07) is 21.9. The number of fused-ring (bicyclic) bond motifs is 2. The highest BCUT2D eigenvalue weighted by Crippen LogP contribution is 2.65. The van der Waals surface area contributed by atoms with Crippen LogP contribution in [0.4, 0.5) is 5.69 Å². The fraction of sp³-hybridized carbons (Fsp3) is 0.390. The number of anilines is 1. The Morgan fingerprint density at radius 1 is 1.00 bits per heavy atom. The van der Waals surface area contributed by atoms with Gasteiger partial charge in [-0.1, -0.05) is 66.8 Å². The van der Waals surface area contributed by atoms with E-state index in [0.29, 0.717) is 48.4 Å². The van der Waals surface area contributed by atoms with Gasteiger partial charge in [-0.3, -0.25) is 14.4 Å². The summed E-state index contributed by atoms with van der Waals surface area (Å²) in [5.74, 6) is -2.26. The topological polar surface area (TPSA) is 130 Å². The molecule has 3 aromatic carbocycles. The van der Waals surface area contributed by atoms with E-state index >= 15 is 14.4 Å². The number of ether oxygens (including phenoxy) is 2. The monoisotopic (exact) mass is 718 g/mol. The number of nitrogens with zero attached hydrogens (tertiary/aromatic N) is 6. The molecule has 2 bridgehead atoms. The van der Waals surface area contributed by atoms with Crippen molar-refractivity contribution in [1.29, 1.82) is 0 Å². The van der Waals surface area contributed by atoms with Crippen LogP contribution in [0.3, 0.4) is 0 Å². The third-order valence-electron chi connectivity index (χ3n) is 11.2. The van der Waals surface area contributed by atoms with Crippen molar-refractivity contribution in [3.05, 3.63) is 110 Å². The maximum absolute atomic E-state index is 15.3. The number of likely N-dealkylation sites (tertiary alicyclic amines) is 1. The Kier molecular flexibility index (Phi) is 9.93. The van der Waals surface area contributed by atoms with Gasteiger partial charge in [0.15, 0.2) is 0 Å². The molecule has 1 aromatic heterocycles. The van der Waals surface area contributed by atoms with Crippen LogP contribution in [-0.4, -0.2) is 91.2 Å². The molecule has 3 saturated heterocycles. The summed E-state index contributed by atoms with van der Waals surface area (Å²) >= 11 is 0. The molecule has 3 aliphatic rings. The van der Waals surface area contributed by atoms with E-state index in [9.17, 15) is 5.11 Å². The van der Waals surface area contributed by atoms with Crippen LogP contribution >= 0.6 is 0 Å². The predicted octanol–water partition coefficient (Wildman–Crippen LogP) is 4.91. The zero-order valence-corrected chi connectivity index (χ0v) is 30.2. The zero-order valence-electron chi connectivity index (χ0n) is 30.2. The van der Waals surface area contributed by atoms with Crippen molar-refractivity contribution in [3.63, 3.8) is 0 Å². The van der Waals surface area contributed by atoms with E-state index < -0.39 is 47.6 Å². The third kappa shape index (κ3) is 5.90. The van der Waals surface area contributed by atoms with E-state index in [1.165, 1.54) is 4.90 Å². The summed E-state index contributed by atoms with van der Waals surface area (Å²) in [7, 11) is 0. The minimum atomic E-state index is -1.34. The van der Waals surface area contributed by atoms with Crippen LogP contribution in [0.15, 0.2) is 104 Å². The average molecular weight is 719 g/mol. The maximum Gasteiger partial charge on any atom is 0.250 e. The van der Waals surface area contributed by atoms with Gasteiger partial charge in [-0.05, 0) is 68.1 Å². The zero-order chi connectivity index (χ0) is 37.3. The highest BCUT2D eigenvalue weighted by Gasteiger charge is 2.79. The first-order valence-corrected chi connectivity index (χ1v) is 18.3. The van der Waals surface area contributed by atoms with Gasteiger partial charge in [0.05, 0.1) is 42.2 Å². The van der Waals surface area contributed by atoms with Crippen LogP contribution in [0.5, 0.6) is 5.75 Å². The van der Waals surface area contributed by atoms with Crippen LogP contribution in [0, 0.1) is 11.8 Å². The Balaban J connectivity index is 1.34. The molecular weight excluding hydrogens is 672 g/mol. The lowest BCUT2D eigenvalue weighted by atomic mass is 9.64. The van der Waals surface area contributed by atoms with Gasteiger partial charge < -0.3 is 29.3 Å². The molecule has 276 valence electrons. The molecule has 0 radical (unpaired) electrons. The summed E-state index contributed by atoms with van der Waals surface area (Å²) in [6.45, 7) is 12.2. The normalized spacial score (nSPS) is 24.9. The van der Waals surface area contributed by atoms with Gasteiger partial charge in [0.2, 0.25) is 17.7 Å². The lowest BCUT2D eigenvalue weighted by Crippen LogP contribution is -2.57. The summed E-state index contributed by atoms with van der Waals surface area (Å²) in [4.78, 5) is 50.3. The molecule has 1 N–H and O–H groups in total. The Morgan fingerprint density at radius 2 is 1.72 bits per heavy atom. The molecule has 3 fully saturated rings. The van der Waals surface area contributed by atoms with E-state index in [2.05, 4.69) is 23.5 Å². The van der Waals surface area contributed by atoms with E-state index in [1.54, 1.807) is 26.6 Å². The number of para-hydroxylation sites is 1. The number of hydrogen-bond acceptors (Lipinski definition) is 8. The van der Waals surface area contributed by atoms with Crippen molar-refractivity contribution in [3.8, 4) is 5.75 Å². The molecule has 2 unspecified atom stereocenters. The predicted molar refractivity (Wildman–Crippen MR) is 200 cm³/mol. The first-order valence-electron chi connectivity index (χ1n) is 18.3. The Morgan fingerprint density at radius 3 is 2.40 bits per heavy atom. The number of aliphatic hydroxyl groups is 1. The van der Waals surface area contributed by atoms with Crippen molar-refractivity contribution < 1.29 is 29.0 Å². The van der Waals surface area contributed by atoms with Gasteiger partial charge in [-0.2, -0.15) is 0 Å². The van der Waals surface area contributed by atoms with Gasteiger partial charge in [-0.25, -0.2) is 4.68 Å². The largest absolute Gasteiger partial charge is 0.494 e.